The molecule has 0 heterocycles. The Morgan fingerprint density at radius 3 is 2.61 bits per heavy atom. The fourth-order valence-corrected chi connectivity index (χ4v) is 3.34. The Morgan fingerprint density at radius 2 is 1.96 bits per heavy atom. The van der Waals surface area contributed by atoms with E-state index in [2.05, 4.69) is 20.7 Å². The minimum absolute atomic E-state index is 0.000814. The third kappa shape index (κ3) is 4.02. The van der Waals surface area contributed by atoms with Crippen LogP contribution in [0.15, 0.2) is 51.8 Å². The van der Waals surface area contributed by atoms with Gasteiger partial charge in [-0.3, -0.25) is 4.72 Å². The van der Waals surface area contributed by atoms with Crippen LogP contribution < -0.4 is 9.46 Å². The molecule has 0 saturated heterocycles. The lowest BCUT2D eigenvalue weighted by Gasteiger charge is -2.12. The fourth-order valence-electron chi connectivity index (χ4n) is 1.88. The topological polar surface area (TPSA) is 92.7 Å². The number of nitrogens with one attached hydrogen (secondary N) is 1. The average molecular weight is 400 g/mol. The van der Waals surface area contributed by atoms with Crippen LogP contribution in [0.1, 0.15) is 17.3 Å². The van der Waals surface area contributed by atoms with Crippen LogP contribution in [0.4, 0.5) is 5.69 Å². The Kier molecular flexibility index (Phi) is 5.27. The first-order chi connectivity index (χ1) is 10.8. The van der Waals surface area contributed by atoms with Crippen molar-refractivity contribution < 1.29 is 23.1 Å². The number of ether oxygens (including phenoxy) is 1. The fraction of sp³-hybridized carbons (Fsp3) is 0.133. The van der Waals surface area contributed by atoms with Gasteiger partial charge in [0.05, 0.1) is 27.2 Å². The molecule has 0 unspecified atom stereocenters. The summed E-state index contributed by atoms with van der Waals surface area (Å²) in [5.74, 6) is -0.823. The number of sulfonamides is 1. The highest BCUT2D eigenvalue weighted by atomic mass is 79.9. The normalized spacial score (nSPS) is 11.0. The molecule has 0 aliphatic rings. The smallest absolute Gasteiger partial charge is 0.337 e. The highest BCUT2D eigenvalue weighted by Gasteiger charge is 2.19. The molecule has 8 heteroatoms. The van der Waals surface area contributed by atoms with Gasteiger partial charge >= 0.3 is 5.97 Å². The van der Waals surface area contributed by atoms with E-state index in [0.717, 1.165) is 0 Å². The van der Waals surface area contributed by atoms with E-state index in [-0.39, 0.29) is 16.1 Å². The van der Waals surface area contributed by atoms with Crippen LogP contribution in [0.3, 0.4) is 0 Å². The number of carboxylic acid groups (broad SMARTS) is 1. The number of anilines is 1. The van der Waals surface area contributed by atoms with Gasteiger partial charge in [-0.05, 0) is 47.1 Å². The molecule has 2 N–H and O–H groups in total. The van der Waals surface area contributed by atoms with Gasteiger partial charge in [-0.15, -0.1) is 0 Å². The number of aromatic carboxylic acids is 1. The van der Waals surface area contributed by atoms with Crippen LogP contribution in [-0.4, -0.2) is 26.1 Å². The van der Waals surface area contributed by atoms with Gasteiger partial charge in [0, 0.05) is 6.07 Å². The molecular formula is C15H14BrNO5S. The van der Waals surface area contributed by atoms with Gasteiger partial charge in [0.2, 0.25) is 0 Å². The Balaban J connectivity index is 2.40. The molecule has 0 fully saturated rings. The van der Waals surface area contributed by atoms with Crippen molar-refractivity contribution in [3.8, 4) is 5.75 Å². The molecule has 0 bridgehead atoms. The van der Waals surface area contributed by atoms with Crippen molar-refractivity contribution >= 4 is 37.6 Å². The van der Waals surface area contributed by atoms with E-state index >= 15 is 0 Å². The molecule has 2 aromatic carbocycles. The van der Waals surface area contributed by atoms with E-state index in [0.29, 0.717) is 16.8 Å². The van der Waals surface area contributed by atoms with Gasteiger partial charge in [-0.1, -0.05) is 12.1 Å². The summed E-state index contributed by atoms with van der Waals surface area (Å²) in [6, 6.07) is 10.1. The summed E-state index contributed by atoms with van der Waals surface area (Å²) >= 11 is 3.28. The number of hydrogen-bond donors (Lipinski definition) is 2. The highest BCUT2D eigenvalue weighted by molar-refractivity contribution is 9.10. The molecule has 6 nitrogen and oxygen atoms in total. The lowest BCUT2D eigenvalue weighted by atomic mass is 10.2. The minimum atomic E-state index is -3.94. The lowest BCUT2D eigenvalue weighted by molar-refractivity contribution is 0.0698. The van der Waals surface area contributed by atoms with E-state index in [4.69, 9.17) is 9.84 Å². The molecule has 0 radical (unpaired) electrons. The standard InChI is InChI=1S/C15H14BrNO5S/c1-2-22-14-9-10(7-8-12(14)16)23(20,21)17-13-6-4-3-5-11(13)15(18)19/h3-9,17H,2H2,1H3,(H,18,19). The predicted octanol–water partition coefficient (Wildman–Crippen LogP) is 3.35. The Bertz CT molecular complexity index is 836. The zero-order valence-corrected chi connectivity index (χ0v) is 14.5. The van der Waals surface area contributed by atoms with Crippen LogP contribution in [0, 0.1) is 0 Å². The second-order valence-corrected chi connectivity index (χ2v) is 7.02. The van der Waals surface area contributed by atoms with Crippen LogP contribution in [-0.2, 0) is 10.0 Å². The maximum atomic E-state index is 12.5. The predicted molar refractivity (Wildman–Crippen MR) is 89.5 cm³/mol. The molecule has 122 valence electrons. The van der Waals surface area contributed by atoms with Crippen molar-refractivity contribution in [3.63, 3.8) is 0 Å². The third-order valence-electron chi connectivity index (χ3n) is 2.91. The van der Waals surface area contributed by atoms with Gasteiger partial charge in [-0.2, -0.15) is 0 Å². The quantitative estimate of drug-likeness (QED) is 0.776. The second kappa shape index (κ2) is 7.01. The molecular weight excluding hydrogens is 386 g/mol. The maximum Gasteiger partial charge on any atom is 0.337 e. The number of rotatable bonds is 6. The monoisotopic (exact) mass is 399 g/mol. The number of carbonyl (C=O) groups is 1. The van der Waals surface area contributed by atoms with E-state index in [1.165, 1.54) is 30.3 Å². The van der Waals surface area contributed by atoms with Crippen LogP contribution in [0.5, 0.6) is 5.75 Å². The Hall–Kier alpha value is -2.06. The number of para-hydroxylation sites is 1. The molecule has 0 atom stereocenters. The maximum absolute atomic E-state index is 12.5. The minimum Gasteiger partial charge on any atom is -0.493 e. The number of hydrogen-bond acceptors (Lipinski definition) is 4. The van der Waals surface area contributed by atoms with Crippen LogP contribution in [0.25, 0.3) is 0 Å². The van der Waals surface area contributed by atoms with Crippen LogP contribution >= 0.6 is 15.9 Å². The molecule has 0 spiro atoms. The number of carboxylic acids is 1. The molecule has 0 aromatic heterocycles. The SMILES string of the molecule is CCOc1cc(S(=O)(=O)Nc2ccccc2C(=O)O)ccc1Br. The van der Waals surface area contributed by atoms with E-state index in [1.807, 2.05) is 0 Å². The van der Waals surface area contributed by atoms with Crippen molar-refractivity contribution in [1.29, 1.82) is 0 Å². The summed E-state index contributed by atoms with van der Waals surface area (Å²) in [4.78, 5) is 11.1. The summed E-state index contributed by atoms with van der Waals surface area (Å²) in [7, 11) is -3.94. The Labute approximate surface area is 142 Å². The first-order valence-electron chi connectivity index (χ1n) is 6.62. The largest absolute Gasteiger partial charge is 0.493 e. The first kappa shape index (κ1) is 17.3. The van der Waals surface area contributed by atoms with E-state index in [9.17, 15) is 13.2 Å². The molecule has 2 aromatic rings. The molecule has 0 aliphatic heterocycles. The van der Waals surface area contributed by atoms with Crippen LogP contribution in [0.2, 0.25) is 0 Å². The molecule has 0 aliphatic carbocycles. The average Bonchev–Trinajstić information content (AvgIpc) is 2.49. The van der Waals surface area contributed by atoms with Crippen molar-refractivity contribution in [1.82, 2.24) is 0 Å². The van der Waals surface area contributed by atoms with Gasteiger partial charge in [-0.25, -0.2) is 13.2 Å². The summed E-state index contributed by atoms with van der Waals surface area (Å²) in [6.45, 7) is 2.17. The van der Waals surface area contributed by atoms with Crippen molar-refractivity contribution in [2.24, 2.45) is 0 Å². The zero-order valence-electron chi connectivity index (χ0n) is 12.1. The highest BCUT2D eigenvalue weighted by Crippen LogP contribution is 2.29. The van der Waals surface area contributed by atoms with Gasteiger partial charge in [0.25, 0.3) is 10.0 Å². The third-order valence-corrected chi connectivity index (χ3v) is 4.93. The van der Waals surface area contributed by atoms with Gasteiger partial charge in [0.1, 0.15) is 5.75 Å². The first-order valence-corrected chi connectivity index (χ1v) is 8.90. The van der Waals surface area contributed by atoms with E-state index in [1.54, 1.807) is 19.1 Å². The lowest BCUT2D eigenvalue weighted by Crippen LogP contribution is -2.15. The molecule has 0 amide bonds. The van der Waals surface area contributed by atoms with Crippen molar-refractivity contribution in [2.45, 2.75) is 11.8 Å². The molecule has 23 heavy (non-hydrogen) atoms. The zero-order chi connectivity index (χ0) is 17.0. The Morgan fingerprint density at radius 1 is 1.26 bits per heavy atom. The molecule has 2 rings (SSSR count). The van der Waals surface area contributed by atoms with Gasteiger partial charge < -0.3 is 9.84 Å². The summed E-state index contributed by atoms with van der Waals surface area (Å²) in [6.07, 6.45) is 0. The summed E-state index contributed by atoms with van der Waals surface area (Å²) in [5, 5.41) is 9.12. The summed E-state index contributed by atoms with van der Waals surface area (Å²) < 4.78 is 33.2. The van der Waals surface area contributed by atoms with Crippen molar-refractivity contribution in [2.75, 3.05) is 11.3 Å². The van der Waals surface area contributed by atoms with Crippen molar-refractivity contribution in [3.05, 3.63) is 52.5 Å². The number of halogens is 1. The summed E-state index contributed by atoms with van der Waals surface area (Å²) in [5.41, 5.74) is -0.126. The van der Waals surface area contributed by atoms with E-state index < -0.39 is 16.0 Å². The number of benzene rings is 2. The van der Waals surface area contributed by atoms with Gasteiger partial charge in [0.15, 0.2) is 0 Å². The molecule has 0 saturated carbocycles. The second-order valence-electron chi connectivity index (χ2n) is 4.48.